The highest BCUT2D eigenvalue weighted by molar-refractivity contribution is 7.17. The van der Waals surface area contributed by atoms with E-state index >= 15 is 0 Å². The van der Waals surface area contributed by atoms with Crippen LogP contribution in [0.25, 0.3) is 21.6 Å². The predicted octanol–water partition coefficient (Wildman–Crippen LogP) is 5.69. The summed E-state index contributed by atoms with van der Waals surface area (Å²) >= 11 is 1.07. The maximum Gasteiger partial charge on any atom is 0.163 e. The number of benzene rings is 2. The monoisotopic (exact) mass is 365 g/mol. The van der Waals surface area contributed by atoms with Crippen molar-refractivity contribution in [3.05, 3.63) is 64.8 Å². The molecule has 26 heavy (non-hydrogen) atoms. The second kappa shape index (κ2) is 7.51. The van der Waals surface area contributed by atoms with Crippen molar-refractivity contribution in [3.63, 3.8) is 0 Å². The van der Waals surface area contributed by atoms with Crippen molar-refractivity contribution in [1.29, 1.82) is 5.26 Å². The van der Waals surface area contributed by atoms with Crippen LogP contribution in [-0.4, -0.2) is 12.4 Å². The third kappa shape index (κ3) is 3.66. The molecular formula is C21H16FNO2S. The average Bonchev–Trinajstić information content (AvgIpc) is 3.02. The fourth-order valence-corrected chi connectivity index (χ4v) is 3.48. The zero-order chi connectivity index (χ0) is 18.7. The molecule has 0 N–H and O–H groups in total. The third-order valence-corrected chi connectivity index (χ3v) is 4.87. The lowest BCUT2D eigenvalue weighted by molar-refractivity contribution is 0.112. The molecule has 1 aromatic heterocycles. The van der Waals surface area contributed by atoms with Crippen LogP contribution in [0.1, 0.15) is 29.1 Å². The van der Waals surface area contributed by atoms with Crippen LogP contribution in [0, 0.1) is 17.1 Å². The van der Waals surface area contributed by atoms with E-state index in [1.807, 2.05) is 50.2 Å². The normalized spacial score (nSPS) is 10.6. The van der Waals surface area contributed by atoms with Crippen molar-refractivity contribution >= 4 is 17.6 Å². The highest BCUT2D eigenvalue weighted by atomic mass is 32.1. The molecule has 5 heteroatoms. The van der Waals surface area contributed by atoms with Gasteiger partial charge in [0.1, 0.15) is 16.4 Å². The molecule has 130 valence electrons. The molecule has 0 aliphatic carbocycles. The number of nitrogens with zero attached hydrogens (tertiary/aromatic N) is 1. The molecule has 3 nitrogen and oxygen atoms in total. The van der Waals surface area contributed by atoms with E-state index in [1.165, 1.54) is 6.07 Å². The summed E-state index contributed by atoms with van der Waals surface area (Å²) < 4.78 is 19.3. The fourth-order valence-electron chi connectivity index (χ4n) is 2.63. The zero-order valence-electron chi connectivity index (χ0n) is 14.3. The Morgan fingerprint density at radius 1 is 1.12 bits per heavy atom. The molecule has 1 heterocycles. The zero-order valence-corrected chi connectivity index (χ0v) is 15.1. The SMILES string of the molecule is CC(C)Oc1ccc(-c2ccc(-c3cc(F)c(C=O)s3)cc2C#N)cc1. The summed E-state index contributed by atoms with van der Waals surface area (Å²) in [5.74, 6) is 0.234. The summed E-state index contributed by atoms with van der Waals surface area (Å²) in [6.45, 7) is 3.92. The van der Waals surface area contributed by atoms with Crippen LogP contribution in [0.2, 0.25) is 0 Å². The van der Waals surface area contributed by atoms with Crippen LogP contribution in [0.5, 0.6) is 5.75 Å². The Hall–Kier alpha value is -2.97. The summed E-state index contributed by atoms with van der Waals surface area (Å²) in [5, 5.41) is 9.53. The molecule has 0 spiro atoms. The first-order chi connectivity index (χ1) is 12.5. The maximum atomic E-state index is 13.7. The van der Waals surface area contributed by atoms with Crippen molar-refractivity contribution in [1.82, 2.24) is 0 Å². The van der Waals surface area contributed by atoms with Crippen LogP contribution in [-0.2, 0) is 0 Å². The van der Waals surface area contributed by atoms with Crippen molar-refractivity contribution in [2.24, 2.45) is 0 Å². The molecule has 3 aromatic rings. The van der Waals surface area contributed by atoms with Crippen LogP contribution in [0.15, 0.2) is 48.5 Å². The minimum Gasteiger partial charge on any atom is -0.491 e. The number of carbonyl (C=O) groups is 1. The molecule has 3 rings (SSSR count). The van der Waals surface area contributed by atoms with Gasteiger partial charge in [-0.15, -0.1) is 11.3 Å². The molecular weight excluding hydrogens is 349 g/mol. The largest absolute Gasteiger partial charge is 0.491 e. The Bertz CT molecular complexity index is 984. The van der Waals surface area contributed by atoms with Gasteiger partial charge in [0, 0.05) is 4.88 Å². The van der Waals surface area contributed by atoms with Gasteiger partial charge in [0.2, 0.25) is 0 Å². The minimum atomic E-state index is -0.539. The highest BCUT2D eigenvalue weighted by Gasteiger charge is 2.12. The van der Waals surface area contributed by atoms with Gasteiger partial charge in [-0.25, -0.2) is 4.39 Å². The number of hydrogen-bond acceptors (Lipinski definition) is 4. The molecule has 0 aliphatic heterocycles. The molecule has 0 aliphatic rings. The molecule has 0 saturated heterocycles. The Labute approximate surface area is 155 Å². The Morgan fingerprint density at radius 3 is 2.38 bits per heavy atom. The standard InChI is InChI=1S/C21H16FNO2S/c1-13(2)25-17-6-3-14(4-7-17)18-8-5-15(9-16(18)11-23)20-10-19(22)21(12-24)26-20/h3-10,12-13H,1-2H3. The lowest BCUT2D eigenvalue weighted by Gasteiger charge is -2.11. The smallest absolute Gasteiger partial charge is 0.163 e. The van der Waals surface area contributed by atoms with E-state index in [1.54, 1.807) is 6.07 Å². The van der Waals surface area contributed by atoms with Gasteiger partial charge in [0.05, 0.1) is 17.7 Å². The van der Waals surface area contributed by atoms with Gasteiger partial charge in [0.25, 0.3) is 0 Å². The first kappa shape index (κ1) is 17.8. The topological polar surface area (TPSA) is 50.1 Å². The van der Waals surface area contributed by atoms with Gasteiger partial charge in [0.15, 0.2) is 6.29 Å². The minimum absolute atomic E-state index is 0.0586. The van der Waals surface area contributed by atoms with Crippen LogP contribution < -0.4 is 4.74 Å². The lowest BCUT2D eigenvalue weighted by Crippen LogP contribution is -2.05. The van der Waals surface area contributed by atoms with E-state index in [2.05, 4.69) is 6.07 Å². The molecule has 0 saturated carbocycles. The van der Waals surface area contributed by atoms with E-state index in [0.29, 0.717) is 22.3 Å². The van der Waals surface area contributed by atoms with E-state index in [9.17, 15) is 14.4 Å². The molecule has 0 radical (unpaired) electrons. The number of carbonyl (C=O) groups excluding carboxylic acids is 1. The molecule has 0 atom stereocenters. The first-order valence-corrected chi connectivity index (χ1v) is 8.89. The second-order valence-corrected chi connectivity index (χ2v) is 7.09. The Kier molecular flexibility index (Phi) is 5.15. The molecule has 0 amide bonds. The summed E-state index contributed by atoms with van der Waals surface area (Å²) in [6, 6.07) is 16.5. The van der Waals surface area contributed by atoms with Crippen molar-refractivity contribution in [2.75, 3.05) is 0 Å². The number of thiophene rings is 1. The van der Waals surface area contributed by atoms with Gasteiger partial charge in [-0.05, 0) is 54.8 Å². The van der Waals surface area contributed by atoms with Gasteiger partial charge in [-0.2, -0.15) is 5.26 Å². The summed E-state index contributed by atoms with van der Waals surface area (Å²) in [5.41, 5.74) is 2.89. The van der Waals surface area contributed by atoms with Gasteiger partial charge < -0.3 is 4.74 Å². The number of nitriles is 1. The summed E-state index contributed by atoms with van der Waals surface area (Å²) in [4.78, 5) is 11.5. The quantitative estimate of drug-likeness (QED) is 0.546. The van der Waals surface area contributed by atoms with Crippen molar-refractivity contribution < 1.29 is 13.9 Å². The molecule has 0 unspecified atom stereocenters. The van der Waals surface area contributed by atoms with Crippen molar-refractivity contribution in [2.45, 2.75) is 20.0 Å². The van der Waals surface area contributed by atoms with Crippen molar-refractivity contribution in [3.8, 4) is 33.4 Å². The lowest BCUT2D eigenvalue weighted by atomic mass is 9.97. The van der Waals surface area contributed by atoms with E-state index < -0.39 is 5.82 Å². The average molecular weight is 365 g/mol. The predicted molar refractivity (Wildman–Crippen MR) is 101 cm³/mol. The second-order valence-electron chi connectivity index (χ2n) is 6.00. The van der Waals surface area contributed by atoms with Crippen LogP contribution in [0.4, 0.5) is 4.39 Å². The van der Waals surface area contributed by atoms with Gasteiger partial charge in [-0.1, -0.05) is 24.3 Å². The number of halogens is 1. The molecule has 2 aromatic carbocycles. The number of aldehydes is 1. The number of hydrogen-bond donors (Lipinski definition) is 0. The van der Waals surface area contributed by atoms with Gasteiger partial charge >= 0.3 is 0 Å². The van der Waals surface area contributed by atoms with E-state index in [0.717, 1.165) is 28.2 Å². The number of ether oxygens (including phenoxy) is 1. The highest BCUT2D eigenvalue weighted by Crippen LogP contribution is 2.34. The molecule has 0 bridgehead atoms. The fraction of sp³-hybridized carbons (Fsp3) is 0.143. The van der Waals surface area contributed by atoms with E-state index in [-0.39, 0.29) is 11.0 Å². The Morgan fingerprint density at radius 2 is 1.81 bits per heavy atom. The van der Waals surface area contributed by atoms with Gasteiger partial charge in [-0.3, -0.25) is 4.79 Å². The first-order valence-electron chi connectivity index (χ1n) is 8.08. The Balaban J connectivity index is 1.96. The summed E-state index contributed by atoms with van der Waals surface area (Å²) in [7, 11) is 0. The van der Waals surface area contributed by atoms with Crippen LogP contribution in [0.3, 0.4) is 0 Å². The number of rotatable bonds is 5. The van der Waals surface area contributed by atoms with E-state index in [4.69, 9.17) is 4.74 Å². The summed E-state index contributed by atoms with van der Waals surface area (Å²) in [6.07, 6.45) is 0.599. The third-order valence-electron chi connectivity index (χ3n) is 3.78. The maximum absolute atomic E-state index is 13.7. The van der Waals surface area contributed by atoms with Crippen LogP contribution >= 0.6 is 11.3 Å². The molecule has 0 fully saturated rings.